The smallest absolute Gasteiger partial charge is 0.251 e. The molecule has 0 heterocycles. The van der Waals surface area contributed by atoms with Crippen molar-refractivity contribution in [3.63, 3.8) is 0 Å². The molecule has 0 saturated heterocycles. The van der Waals surface area contributed by atoms with Gasteiger partial charge in [-0.1, -0.05) is 25.8 Å². The molecule has 110 valence electrons. The fourth-order valence-corrected chi connectivity index (χ4v) is 3.13. The molecule has 0 spiro atoms. The Kier molecular flexibility index (Phi) is 4.48. The normalized spacial score (nSPS) is 26.3. The van der Waals surface area contributed by atoms with Gasteiger partial charge in [-0.05, 0) is 55.9 Å². The third kappa shape index (κ3) is 2.88. The van der Waals surface area contributed by atoms with Crippen molar-refractivity contribution in [2.75, 3.05) is 6.54 Å². The Morgan fingerprint density at radius 1 is 1.35 bits per heavy atom. The number of benzene rings is 1. The number of aryl methyl sites for hydroxylation is 2. The summed E-state index contributed by atoms with van der Waals surface area (Å²) in [6.07, 6.45) is 4.52. The highest BCUT2D eigenvalue weighted by molar-refractivity contribution is 5.95. The summed E-state index contributed by atoms with van der Waals surface area (Å²) >= 11 is 0. The first-order valence-corrected chi connectivity index (χ1v) is 7.58. The molecule has 1 fully saturated rings. The first-order valence-electron chi connectivity index (χ1n) is 7.58. The standard InChI is InChI=1S/C17H26N2O/c1-12-7-8-15(10-13(12)2)16(20)19-17(11-18)9-5-4-6-14(17)3/h7-8,10,14H,4-6,9,11,18H2,1-3H3,(H,19,20). The Hall–Kier alpha value is -1.35. The monoisotopic (exact) mass is 274 g/mol. The van der Waals surface area contributed by atoms with Crippen molar-refractivity contribution in [2.45, 2.75) is 52.0 Å². The van der Waals surface area contributed by atoms with E-state index < -0.39 is 0 Å². The van der Waals surface area contributed by atoms with Gasteiger partial charge in [0.25, 0.3) is 5.91 Å². The number of amides is 1. The van der Waals surface area contributed by atoms with Gasteiger partial charge in [0.2, 0.25) is 0 Å². The van der Waals surface area contributed by atoms with Gasteiger partial charge < -0.3 is 11.1 Å². The second kappa shape index (κ2) is 5.96. The topological polar surface area (TPSA) is 55.1 Å². The second-order valence-electron chi connectivity index (χ2n) is 6.26. The van der Waals surface area contributed by atoms with Crippen LogP contribution in [0.4, 0.5) is 0 Å². The zero-order valence-electron chi connectivity index (χ0n) is 12.8. The average Bonchev–Trinajstić information content (AvgIpc) is 2.44. The lowest BCUT2D eigenvalue weighted by molar-refractivity contribution is 0.0812. The molecule has 1 aromatic carbocycles. The summed E-state index contributed by atoms with van der Waals surface area (Å²) < 4.78 is 0. The van der Waals surface area contributed by atoms with E-state index in [1.54, 1.807) is 0 Å². The maximum absolute atomic E-state index is 12.5. The summed E-state index contributed by atoms with van der Waals surface area (Å²) in [6, 6.07) is 5.86. The lowest BCUT2D eigenvalue weighted by atomic mass is 9.73. The van der Waals surface area contributed by atoms with Crippen LogP contribution < -0.4 is 11.1 Å². The first-order chi connectivity index (χ1) is 9.48. The molecule has 1 saturated carbocycles. The fraction of sp³-hybridized carbons (Fsp3) is 0.588. The Balaban J connectivity index is 2.18. The van der Waals surface area contributed by atoms with E-state index in [2.05, 4.69) is 19.2 Å². The number of hydrogen-bond acceptors (Lipinski definition) is 2. The minimum Gasteiger partial charge on any atom is -0.345 e. The summed E-state index contributed by atoms with van der Waals surface area (Å²) in [4.78, 5) is 12.5. The Morgan fingerprint density at radius 3 is 2.70 bits per heavy atom. The number of carbonyl (C=O) groups excluding carboxylic acids is 1. The van der Waals surface area contributed by atoms with Crippen molar-refractivity contribution in [3.8, 4) is 0 Å². The number of nitrogens with one attached hydrogen (secondary N) is 1. The molecular formula is C17H26N2O. The number of rotatable bonds is 3. The third-order valence-corrected chi connectivity index (χ3v) is 4.95. The zero-order valence-corrected chi connectivity index (χ0v) is 12.8. The third-order valence-electron chi connectivity index (χ3n) is 4.95. The summed E-state index contributed by atoms with van der Waals surface area (Å²) in [5, 5.41) is 3.23. The van der Waals surface area contributed by atoms with Gasteiger partial charge in [0, 0.05) is 12.1 Å². The van der Waals surface area contributed by atoms with E-state index in [0.717, 1.165) is 30.4 Å². The highest BCUT2D eigenvalue weighted by Gasteiger charge is 2.38. The van der Waals surface area contributed by atoms with Gasteiger partial charge in [-0.2, -0.15) is 0 Å². The molecule has 2 unspecified atom stereocenters. The SMILES string of the molecule is Cc1ccc(C(=O)NC2(CN)CCCCC2C)cc1C. The molecule has 1 amide bonds. The number of carbonyl (C=O) groups is 1. The van der Waals surface area contributed by atoms with Crippen LogP contribution in [0.25, 0.3) is 0 Å². The maximum Gasteiger partial charge on any atom is 0.251 e. The van der Waals surface area contributed by atoms with E-state index >= 15 is 0 Å². The molecule has 3 heteroatoms. The van der Waals surface area contributed by atoms with Crippen LogP contribution in [-0.2, 0) is 0 Å². The molecule has 3 nitrogen and oxygen atoms in total. The van der Waals surface area contributed by atoms with Crippen LogP contribution in [0, 0.1) is 19.8 Å². The molecule has 1 aliphatic rings. The predicted molar refractivity (Wildman–Crippen MR) is 82.8 cm³/mol. The fourth-order valence-electron chi connectivity index (χ4n) is 3.13. The molecular weight excluding hydrogens is 248 g/mol. The maximum atomic E-state index is 12.5. The van der Waals surface area contributed by atoms with Crippen LogP contribution in [0.15, 0.2) is 18.2 Å². The van der Waals surface area contributed by atoms with Gasteiger partial charge in [-0.15, -0.1) is 0 Å². The predicted octanol–water partition coefficient (Wildman–Crippen LogP) is 2.94. The molecule has 2 rings (SSSR count). The van der Waals surface area contributed by atoms with E-state index in [-0.39, 0.29) is 11.4 Å². The molecule has 1 aliphatic carbocycles. The largest absolute Gasteiger partial charge is 0.345 e. The molecule has 0 radical (unpaired) electrons. The van der Waals surface area contributed by atoms with Crippen molar-refractivity contribution >= 4 is 5.91 Å². The van der Waals surface area contributed by atoms with Crippen LogP contribution in [0.5, 0.6) is 0 Å². The Morgan fingerprint density at radius 2 is 2.10 bits per heavy atom. The number of nitrogens with two attached hydrogens (primary N) is 1. The van der Waals surface area contributed by atoms with E-state index in [9.17, 15) is 4.79 Å². The molecule has 0 bridgehead atoms. The van der Waals surface area contributed by atoms with Gasteiger partial charge in [0.05, 0.1) is 5.54 Å². The summed E-state index contributed by atoms with van der Waals surface area (Å²) in [7, 11) is 0. The molecule has 2 atom stereocenters. The van der Waals surface area contributed by atoms with Crippen LogP contribution in [-0.4, -0.2) is 18.0 Å². The first kappa shape index (κ1) is 15.0. The lowest BCUT2D eigenvalue weighted by Gasteiger charge is -2.42. The minimum atomic E-state index is -0.228. The highest BCUT2D eigenvalue weighted by Crippen LogP contribution is 2.33. The van der Waals surface area contributed by atoms with E-state index in [0.29, 0.717) is 12.5 Å². The van der Waals surface area contributed by atoms with E-state index in [1.165, 1.54) is 12.0 Å². The summed E-state index contributed by atoms with van der Waals surface area (Å²) in [5.74, 6) is 0.448. The van der Waals surface area contributed by atoms with Gasteiger partial charge in [-0.3, -0.25) is 4.79 Å². The van der Waals surface area contributed by atoms with Crippen LogP contribution >= 0.6 is 0 Å². The van der Waals surface area contributed by atoms with Crippen LogP contribution in [0.1, 0.15) is 54.1 Å². The minimum absolute atomic E-state index is 0.00676. The van der Waals surface area contributed by atoms with Gasteiger partial charge in [-0.25, -0.2) is 0 Å². The van der Waals surface area contributed by atoms with Crippen LogP contribution in [0.3, 0.4) is 0 Å². The van der Waals surface area contributed by atoms with Crippen molar-refractivity contribution in [2.24, 2.45) is 11.7 Å². The molecule has 0 aromatic heterocycles. The summed E-state index contributed by atoms with van der Waals surface area (Å²) in [5.41, 5.74) is 8.86. The lowest BCUT2D eigenvalue weighted by Crippen LogP contribution is -2.59. The average molecular weight is 274 g/mol. The second-order valence-corrected chi connectivity index (χ2v) is 6.26. The van der Waals surface area contributed by atoms with Gasteiger partial charge in [0.1, 0.15) is 0 Å². The van der Waals surface area contributed by atoms with Crippen molar-refractivity contribution in [1.29, 1.82) is 0 Å². The molecule has 0 aliphatic heterocycles. The van der Waals surface area contributed by atoms with Gasteiger partial charge in [0.15, 0.2) is 0 Å². The van der Waals surface area contributed by atoms with E-state index in [4.69, 9.17) is 5.73 Å². The van der Waals surface area contributed by atoms with E-state index in [1.807, 2.05) is 25.1 Å². The van der Waals surface area contributed by atoms with Crippen LogP contribution in [0.2, 0.25) is 0 Å². The number of hydrogen-bond donors (Lipinski definition) is 2. The quantitative estimate of drug-likeness (QED) is 0.890. The summed E-state index contributed by atoms with van der Waals surface area (Å²) in [6.45, 7) is 6.81. The van der Waals surface area contributed by atoms with Crippen molar-refractivity contribution in [1.82, 2.24) is 5.32 Å². The molecule has 3 N–H and O–H groups in total. The molecule has 1 aromatic rings. The molecule has 20 heavy (non-hydrogen) atoms. The van der Waals surface area contributed by atoms with Crippen molar-refractivity contribution < 1.29 is 4.79 Å². The van der Waals surface area contributed by atoms with Crippen molar-refractivity contribution in [3.05, 3.63) is 34.9 Å². The Bertz CT molecular complexity index is 498. The zero-order chi connectivity index (χ0) is 14.8. The Labute approximate surface area is 121 Å². The highest BCUT2D eigenvalue weighted by atomic mass is 16.1. The van der Waals surface area contributed by atoms with Gasteiger partial charge >= 0.3 is 0 Å².